The molecule has 0 aliphatic carbocycles. The minimum Gasteiger partial charge on any atom is -0.384 e. The summed E-state index contributed by atoms with van der Waals surface area (Å²) in [6.07, 6.45) is 0. The van der Waals surface area contributed by atoms with Crippen LogP contribution in [-0.2, 0) is 4.74 Å². The quantitative estimate of drug-likeness (QED) is 0.397. The van der Waals surface area contributed by atoms with Gasteiger partial charge in [0.15, 0.2) is 0 Å². The number of hydrogen-bond donors (Lipinski definition) is 1. The Balaban J connectivity index is 2.34. The summed E-state index contributed by atoms with van der Waals surface area (Å²) in [5.74, 6) is 0.774. The van der Waals surface area contributed by atoms with Gasteiger partial charge in [0.25, 0.3) is 0 Å². The van der Waals surface area contributed by atoms with Gasteiger partial charge in [-0.1, -0.05) is 0 Å². The van der Waals surface area contributed by atoms with E-state index in [1.807, 2.05) is 0 Å². The van der Waals surface area contributed by atoms with Crippen molar-refractivity contribution < 1.29 is 4.74 Å². The Morgan fingerprint density at radius 1 is 2.20 bits per heavy atom. The molecule has 32 valence electrons. The first-order valence-electron chi connectivity index (χ1n) is 1.89. The molecular formula is C3H8OS. The second-order valence-electron chi connectivity index (χ2n) is 0.697. The Kier molecular flexibility index (Phi) is 3.02. The van der Waals surface area contributed by atoms with Gasteiger partial charge in [-0.25, -0.2) is 0 Å². The minimum atomic E-state index is 0.689. The molecule has 0 fully saturated rings. The predicted octanol–water partition coefficient (Wildman–Crippen LogP) is 0.563. The lowest BCUT2D eigenvalue weighted by atomic mass is 10.9. The van der Waals surface area contributed by atoms with Gasteiger partial charge in [0.1, 0.15) is 1.12 Å². The summed E-state index contributed by atoms with van der Waals surface area (Å²) in [5, 5.41) is 0. The first-order chi connectivity index (χ1) is 2.91. The van der Waals surface area contributed by atoms with Gasteiger partial charge in [-0.3, -0.25) is 0 Å². The number of methoxy groups -OCH3 is 1. The Hall–Kier alpha value is 0.310. The van der Waals surface area contributed by atoms with E-state index in [1.165, 1.54) is 0 Å². The van der Waals surface area contributed by atoms with Crippen LogP contribution in [0, 0.1) is 0 Å². The van der Waals surface area contributed by atoms with Crippen LogP contribution in [0.1, 0.15) is 0 Å². The van der Waals surface area contributed by atoms with Crippen molar-refractivity contribution in [1.29, 1.82) is 1.12 Å². The molecule has 0 aliphatic rings. The van der Waals surface area contributed by atoms with Crippen LogP contribution in [-0.4, -0.2) is 20.6 Å². The molecule has 0 saturated carbocycles. The summed E-state index contributed by atoms with van der Waals surface area (Å²) in [6, 6.07) is 0. The van der Waals surface area contributed by atoms with E-state index in [2.05, 4.69) is 4.74 Å². The Labute approximate surface area is 38.8 Å². The van der Waals surface area contributed by atoms with Crippen LogP contribution in [0.4, 0.5) is 0 Å². The van der Waals surface area contributed by atoms with Crippen molar-refractivity contribution in [2.45, 2.75) is 0 Å². The summed E-state index contributed by atoms with van der Waals surface area (Å²) in [4.78, 5) is 0. The molecule has 0 heterocycles. The van der Waals surface area contributed by atoms with Crippen molar-refractivity contribution in [3.63, 3.8) is 0 Å². The molecule has 0 amide bonds. The molecule has 0 aromatic heterocycles. The van der Waals surface area contributed by atoms with Crippen LogP contribution in [0.25, 0.3) is 0 Å². The summed E-state index contributed by atoms with van der Waals surface area (Å²) < 4.78 is 11.2. The van der Waals surface area contributed by atoms with Crippen LogP contribution in [0.2, 0.25) is 0 Å². The molecule has 0 saturated heterocycles. The minimum absolute atomic E-state index is 0.689. The summed E-state index contributed by atoms with van der Waals surface area (Å²) >= 11 is 1.05. The highest BCUT2D eigenvalue weighted by atomic mass is 32.1. The fourth-order valence-electron chi connectivity index (χ4n) is 0.0833. The third kappa shape index (κ3) is 4.31. The second kappa shape index (κ2) is 4.31. The maximum atomic E-state index is 6.54. The highest BCUT2D eigenvalue weighted by Gasteiger charge is 1.66. The monoisotopic (exact) mass is 94.0 g/mol. The molecule has 0 aromatic carbocycles. The van der Waals surface area contributed by atoms with E-state index in [0.29, 0.717) is 6.61 Å². The topological polar surface area (TPSA) is 9.23 Å². The molecule has 0 radical (unpaired) electrons. The van der Waals surface area contributed by atoms with Crippen molar-refractivity contribution in [1.82, 2.24) is 0 Å². The van der Waals surface area contributed by atoms with Crippen LogP contribution < -0.4 is 0 Å². The lowest BCUT2D eigenvalue weighted by Crippen LogP contribution is -1.85. The van der Waals surface area contributed by atoms with Gasteiger partial charge in [0, 0.05) is 12.9 Å². The third-order valence-electron chi connectivity index (χ3n) is 0.287. The highest BCUT2D eigenvalue weighted by molar-refractivity contribution is 7.80. The second-order valence-corrected chi connectivity index (χ2v) is 1.11. The molecule has 0 spiro atoms. The molecule has 0 bridgehead atoms. The predicted molar refractivity (Wildman–Crippen MR) is 25.7 cm³/mol. The molecule has 2 heteroatoms. The van der Waals surface area contributed by atoms with Crippen molar-refractivity contribution >= 4 is 12.5 Å². The molecule has 0 aromatic rings. The Bertz CT molecular complexity index is 22.8. The van der Waals surface area contributed by atoms with Crippen LogP contribution in [0.15, 0.2) is 0 Å². The van der Waals surface area contributed by atoms with Crippen molar-refractivity contribution in [3.8, 4) is 0 Å². The lowest BCUT2D eigenvalue weighted by molar-refractivity contribution is 0.219. The standard InChI is InChI=1S/C3H8OS/c1-4-2-3-5/h5H,2-3H2,1H3/i/hT. The molecule has 0 rings (SSSR count). The molecule has 0 aliphatic heterocycles. The molecule has 0 atom stereocenters. The molecule has 0 unspecified atom stereocenters. The zero-order valence-electron chi connectivity index (χ0n) is 4.23. The van der Waals surface area contributed by atoms with Gasteiger partial charge in [-0.2, -0.15) is 12.5 Å². The number of ether oxygens (including phenoxy) is 1. The molecule has 5 heavy (non-hydrogen) atoms. The van der Waals surface area contributed by atoms with Crippen LogP contribution in [0.5, 0.6) is 0 Å². The summed E-state index contributed by atoms with van der Waals surface area (Å²) in [5.41, 5.74) is 0. The zero-order valence-corrected chi connectivity index (χ0v) is 4.05. The summed E-state index contributed by atoms with van der Waals surface area (Å²) in [6.45, 7) is 0.689. The van der Waals surface area contributed by atoms with Crippen LogP contribution in [0.3, 0.4) is 0 Å². The first kappa shape index (κ1) is 3.50. The van der Waals surface area contributed by atoms with Crippen molar-refractivity contribution in [2.75, 3.05) is 19.5 Å². The van der Waals surface area contributed by atoms with Gasteiger partial charge >= 0.3 is 0 Å². The Morgan fingerprint density at radius 3 is 3.20 bits per heavy atom. The lowest BCUT2D eigenvalue weighted by Gasteiger charge is -1.84. The van der Waals surface area contributed by atoms with E-state index in [0.717, 1.165) is 18.3 Å². The van der Waals surface area contributed by atoms with E-state index in [9.17, 15) is 0 Å². The van der Waals surface area contributed by atoms with E-state index in [-0.39, 0.29) is 0 Å². The molecular weight excluding hydrogens is 84.1 g/mol. The van der Waals surface area contributed by atoms with Gasteiger partial charge < -0.3 is 4.74 Å². The van der Waals surface area contributed by atoms with Gasteiger partial charge in [0.2, 0.25) is 0 Å². The van der Waals surface area contributed by atoms with Gasteiger partial charge in [-0.05, 0) is 0 Å². The Morgan fingerprint density at radius 2 is 3.00 bits per heavy atom. The number of thiol groups is 1. The third-order valence-corrected chi connectivity index (χ3v) is 0.454. The first-order valence-corrected chi connectivity index (χ1v) is 2.06. The molecule has 0 N–H and O–H groups in total. The van der Waals surface area contributed by atoms with Crippen LogP contribution >= 0.6 is 12.5 Å². The fraction of sp³-hybridized carbons (Fsp3) is 1.00. The van der Waals surface area contributed by atoms with E-state index < -0.39 is 0 Å². The molecule has 1 nitrogen and oxygen atoms in total. The maximum Gasteiger partial charge on any atom is 0.102 e. The SMILES string of the molecule is [3H]SCCOC. The smallest absolute Gasteiger partial charge is 0.102 e. The normalized spacial score (nSPS) is 11.0. The van der Waals surface area contributed by atoms with Gasteiger partial charge in [0.05, 0.1) is 6.61 Å². The highest BCUT2D eigenvalue weighted by Crippen LogP contribution is 1.69. The number of rotatable bonds is 3. The maximum absolute atomic E-state index is 6.54. The van der Waals surface area contributed by atoms with E-state index in [1.54, 1.807) is 7.11 Å². The van der Waals surface area contributed by atoms with Gasteiger partial charge in [-0.15, -0.1) is 0 Å². The fourth-order valence-corrected chi connectivity index (χ4v) is 0.250. The van der Waals surface area contributed by atoms with Crippen molar-refractivity contribution in [3.05, 3.63) is 0 Å². The van der Waals surface area contributed by atoms with Crippen molar-refractivity contribution in [2.24, 2.45) is 0 Å². The number of hydrogen-bond acceptors (Lipinski definition) is 2. The largest absolute Gasteiger partial charge is 0.384 e. The van der Waals surface area contributed by atoms with E-state index in [4.69, 9.17) is 1.12 Å². The van der Waals surface area contributed by atoms with E-state index >= 15 is 0 Å². The zero-order chi connectivity index (χ0) is 4.83. The average Bonchev–Trinajstić information content (AvgIpc) is 1.61. The average molecular weight is 94.2 g/mol. The summed E-state index contributed by atoms with van der Waals surface area (Å²) in [7, 11) is 1.64.